The maximum absolute atomic E-state index is 5.66. The van der Waals surface area contributed by atoms with E-state index in [4.69, 9.17) is 4.74 Å². The molecule has 1 fully saturated rings. The Morgan fingerprint density at radius 2 is 2.35 bits per heavy atom. The van der Waals surface area contributed by atoms with Crippen molar-refractivity contribution in [3.8, 4) is 0 Å². The molecule has 2 heterocycles. The first-order chi connectivity index (χ1) is 8.43. The van der Waals surface area contributed by atoms with E-state index in [0.717, 1.165) is 13.2 Å². The molecule has 0 radical (unpaired) electrons. The Balaban J connectivity index is 1.49. The Bertz CT molecular complexity index is 357. The summed E-state index contributed by atoms with van der Waals surface area (Å²) in [6.45, 7) is 2.08. The summed E-state index contributed by atoms with van der Waals surface area (Å²) in [4.78, 5) is 1.60. The van der Waals surface area contributed by atoms with Gasteiger partial charge in [0.15, 0.2) is 0 Å². The van der Waals surface area contributed by atoms with E-state index in [1.54, 1.807) is 10.4 Å². The zero-order valence-electron chi connectivity index (χ0n) is 10.3. The van der Waals surface area contributed by atoms with Crippen molar-refractivity contribution in [1.29, 1.82) is 0 Å². The van der Waals surface area contributed by atoms with Crippen LogP contribution in [0.25, 0.3) is 0 Å². The molecule has 0 spiro atoms. The molecule has 17 heavy (non-hydrogen) atoms. The van der Waals surface area contributed by atoms with Crippen LogP contribution in [0.15, 0.2) is 11.4 Å². The van der Waals surface area contributed by atoms with Gasteiger partial charge < -0.3 is 10.1 Å². The van der Waals surface area contributed by atoms with Gasteiger partial charge in [0.25, 0.3) is 0 Å². The molecule has 1 aliphatic heterocycles. The Morgan fingerprint density at radius 3 is 3.24 bits per heavy atom. The van der Waals surface area contributed by atoms with Crippen molar-refractivity contribution in [3.63, 3.8) is 0 Å². The van der Waals surface area contributed by atoms with E-state index >= 15 is 0 Å². The summed E-state index contributed by atoms with van der Waals surface area (Å²) in [5.74, 6) is 0. The fraction of sp³-hybridized carbons (Fsp3) is 0.714. The zero-order valence-corrected chi connectivity index (χ0v) is 11.1. The van der Waals surface area contributed by atoms with Crippen molar-refractivity contribution in [2.75, 3.05) is 13.2 Å². The van der Waals surface area contributed by atoms with E-state index in [2.05, 4.69) is 16.8 Å². The maximum Gasteiger partial charge on any atom is 0.0588 e. The minimum Gasteiger partial charge on any atom is -0.378 e. The lowest BCUT2D eigenvalue weighted by atomic mass is 9.94. The Hall–Kier alpha value is -0.380. The molecule has 1 N–H and O–H groups in total. The van der Waals surface area contributed by atoms with Crippen LogP contribution >= 0.6 is 11.3 Å². The van der Waals surface area contributed by atoms with Crippen molar-refractivity contribution in [1.82, 2.24) is 5.32 Å². The van der Waals surface area contributed by atoms with Crippen LogP contribution < -0.4 is 5.32 Å². The quantitative estimate of drug-likeness (QED) is 0.886. The highest BCUT2D eigenvalue weighted by Gasteiger charge is 2.21. The van der Waals surface area contributed by atoms with Crippen LogP contribution in [-0.2, 0) is 11.2 Å². The van der Waals surface area contributed by atoms with E-state index in [0.29, 0.717) is 12.1 Å². The molecule has 0 amide bonds. The summed E-state index contributed by atoms with van der Waals surface area (Å²) in [5.41, 5.74) is 1.56. The number of nitrogens with one attached hydrogen (secondary N) is 1. The monoisotopic (exact) mass is 251 g/mol. The summed E-state index contributed by atoms with van der Waals surface area (Å²) in [7, 11) is 0. The van der Waals surface area contributed by atoms with Gasteiger partial charge in [0.05, 0.1) is 6.10 Å². The van der Waals surface area contributed by atoms with Crippen molar-refractivity contribution in [2.45, 2.75) is 50.7 Å². The largest absolute Gasteiger partial charge is 0.378 e. The third kappa shape index (κ3) is 2.72. The summed E-state index contributed by atoms with van der Waals surface area (Å²) in [6, 6.07) is 2.91. The molecule has 3 rings (SSSR count). The minimum atomic E-state index is 0.521. The predicted octanol–water partition coefficient (Wildman–Crippen LogP) is 3.28. The highest BCUT2D eigenvalue weighted by molar-refractivity contribution is 7.10. The highest BCUT2D eigenvalue weighted by atomic mass is 32.1. The second kappa shape index (κ2) is 5.51. The first kappa shape index (κ1) is 11.7. The van der Waals surface area contributed by atoms with E-state index in [1.807, 2.05) is 11.3 Å². The minimum absolute atomic E-state index is 0.521. The van der Waals surface area contributed by atoms with Crippen LogP contribution in [0.4, 0.5) is 0 Å². The molecule has 2 aliphatic rings. The van der Waals surface area contributed by atoms with Crippen LogP contribution in [-0.4, -0.2) is 19.3 Å². The van der Waals surface area contributed by atoms with Gasteiger partial charge in [0.2, 0.25) is 0 Å². The fourth-order valence-electron chi connectivity index (χ4n) is 2.99. The molecule has 1 aromatic heterocycles. The topological polar surface area (TPSA) is 21.3 Å². The second-order valence-electron chi connectivity index (χ2n) is 5.12. The third-order valence-electron chi connectivity index (χ3n) is 3.93. The van der Waals surface area contributed by atoms with Gasteiger partial charge in [0.1, 0.15) is 0 Å². The number of ether oxygens (including phenoxy) is 1. The van der Waals surface area contributed by atoms with Crippen LogP contribution in [0.2, 0.25) is 0 Å². The molecular formula is C14H21NOS. The van der Waals surface area contributed by atoms with Crippen molar-refractivity contribution < 1.29 is 4.74 Å². The molecule has 2 nitrogen and oxygen atoms in total. The molecule has 2 unspecified atom stereocenters. The summed E-state index contributed by atoms with van der Waals surface area (Å²) >= 11 is 1.92. The third-order valence-corrected chi connectivity index (χ3v) is 4.93. The molecule has 1 aromatic rings. The second-order valence-corrected chi connectivity index (χ2v) is 6.12. The van der Waals surface area contributed by atoms with Gasteiger partial charge in [-0.15, -0.1) is 11.3 Å². The lowest BCUT2D eigenvalue weighted by Gasteiger charge is -2.24. The molecule has 2 atom stereocenters. The summed E-state index contributed by atoms with van der Waals surface area (Å²) in [5, 5.41) is 5.96. The number of aryl methyl sites for hydroxylation is 1. The fourth-order valence-corrected chi connectivity index (χ4v) is 3.98. The van der Waals surface area contributed by atoms with Gasteiger partial charge >= 0.3 is 0 Å². The lowest BCUT2D eigenvalue weighted by molar-refractivity contribution is 0.103. The first-order valence-corrected chi connectivity index (χ1v) is 7.73. The van der Waals surface area contributed by atoms with E-state index < -0.39 is 0 Å². The smallest absolute Gasteiger partial charge is 0.0588 e. The number of hydrogen-bond donors (Lipinski definition) is 1. The van der Waals surface area contributed by atoms with Crippen LogP contribution in [0.3, 0.4) is 0 Å². The molecule has 0 aromatic carbocycles. The highest BCUT2D eigenvalue weighted by Crippen LogP contribution is 2.33. The van der Waals surface area contributed by atoms with Crippen LogP contribution in [0.1, 0.15) is 48.6 Å². The van der Waals surface area contributed by atoms with E-state index in [1.165, 1.54) is 38.5 Å². The molecule has 0 saturated carbocycles. The van der Waals surface area contributed by atoms with Gasteiger partial charge in [-0.3, -0.25) is 0 Å². The average Bonchev–Trinajstić information content (AvgIpc) is 2.99. The van der Waals surface area contributed by atoms with Gasteiger partial charge in [0, 0.05) is 17.5 Å². The SMILES string of the molecule is c1cc2c(s1)CCCC2NCCC1CCCO1. The normalized spacial score (nSPS) is 28.2. The van der Waals surface area contributed by atoms with E-state index in [9.17, 15) is 0 Å². The molecule has 1 aliphatic carbocycles. The van der Waals surface area contributed by atoms with E-state index in [-0.39, 0.29) is 0 Å². The Morgan fingerprint density at radius 1 is 1.35 bits per heavy atom. The van der Waals surface area contributed by atoms with Gasteiger partial charge in [-0.05, 0) is 62.1 Å². The van der Waals surface area contributed by atoms with Gasteiger partial charge in [-0.2, -0.15) is 0 Å². The predicted molar refractivity (Wildman–Crippen MR) is 71.6 cm³/mol. The zero-order chi connectivity index (χ0) is 11.5. The number of fused-ring (bicyclic) bond motifs is 1. The average molecular weight is 251 g/mol. The number of hydrogen-bond acceptors (Lipinski definition) is 3. The number of thiophene rings is 1. The van der Waals surface area contributed by atoms with Gasteiger partial charge in [-0.1, -0.05) is 0 Å². The van der Waals surface area contributed by atoms with Gasteiger partial charge in [-0.25, -0.2) is 0 Å². The molecular weight excluding hydrogens is 230 g/mol. The van der Waals surface area contributed by atoms with Crippen molar-refractivity contribution in [2.24, 2.45) is 0 Å². The molecule has 3 heteroatoms. The molecule has 0 bridgehead atoms. The summed E-state index contributed by atoms with van der Waals surface area (Å²) < 4.78 is 5.66. The van der Waals surface area contributed by atoms with Crippen molar-refractivity contribution in [3.05, 3.63) is 21.9 Å². The summed E-state index contributed by atoms with van der Waals surface area (Å²) in [6.07, 6.45) is 8.14. The van der Waals surface area contributed by atoms with Crippen molar-refractivity contribution >= 4 is 11.3 Å². The molecule has 94 valence electrons. The van der Waals surface area contributed by atoms with Crippen LogP contribution in [0.5, 0.6) is 0 Å². The Kier molecular flexibility index (Phi) is 3.79. The standard InChI is InChI=1S/C14H21NOS/c1-4-13(12-7-10-17-14(12)5-1)15-8-6-11-3-2-9-16-11/h7,10-11,13,15H,1-6,8-9H2. The maximum atomic E-state index is 5.66. The van der Waals surface area contributed by atoms with Crippen LogP contribution in [0, 0.1) is 0 Å². The lowest BCUT2D eigenvalue weighted by Crippen LogP contribution is -2.27. The first-order valence-electron chi connectivity index (χ1n) is 6.85. The molecule has 1 saturated heterocycles. The number of rotatable bonds is 4. The Labute approximate surface area is 107 Å².